The van der Waals surface area contributed by atoms with Crippen LogP contribution < -0.4 is 4.90 Å². The predicted octanol–water partition coefficient (Wildman–Crippen LogP) is 5.03. The molecule has 0 atom stereocenters. The number of para-hydroxylation sites is 1. The van der Waals surface area contributed by atoms with Crippen molar-refractivity contribution in [3.63, 3.8) is 0 Å². The maximum Gasteiger partial charge on any atom is 0.236 e. The molecule has 26 heavy (non-hydrogen) atoms. The molecule has 1 aliphatic heterocycles. The molecule has 0 amide bonds. The van der Waals surface area contributed by atoms with Gasteiger partial charge in [0, 0.05) is 23.8 Å². The molecule has 2 aromatic carbocycles. The first-order valence-corrected chi connectivity index (χ1v) is 9.82. The van der Waals surface area contributed by atoms with Crippen molar-refractivity contribution >= 4 is 38.6 Å². The van der Waals surface area contributed by atoms with Crippen molar-refractivity contribution in [3.05, 3.63) is 70.8 Å². The molecule has 0 unspecified atom stereocenters. The van der Waals surface area contributed by atoms with Gasteiger partial charge in [-0.1, -0.05) is 36.4 Å². The van der Waals surface area contributed by atoms with Gasteiger partial charge in [-0.3, -0.25) is 4.40 Å². The first-order chi connectivity index (χ1) is 12.8. The Kier molecular flexibility index (Phi) is 3.89. The van der Waals surface area contributed by atoms with E-state index >= 15 is 0 Å². The Hall–Kier alpha value is -2.40. The SMILES string of the molecule is Brc1cccc2c1nc1nc(N3CCC(c4ccccc4)CC3)ccn12. The number of nitrogens with zero attached hydrogens (tertiary/aromatic N) is 4. The minimum absolute atomic E-state index is 0.654. The van der Waals surface area contributed by atoms with E-state index in [1.54, 1.807) is 0 Å². The van der Waals surface area contributed by atoms with Crippen LogP contribution in [-0.2, 0) is 0 Å². The lowest BCUT2D eigenvalue weighted by Gasteiger charge is -2.33. The van der Waals surface area contributed by atoms with E-state index in [9.17, 15) is 0 Å². The molecule has 4 aromatic rings. The van der Waals surface area contributed by atoms with Crippen molar-refractivity contribution in [3.8, 4) is 0 Å². The van der Waals surface area contributed by atoms with Gasteiger partial charge in [0.05, 0.1) is 5.52 Å². The number of hydrogen-bond donors (Lipinski definition) is 0. The van der Waals surface area contributed by atoms with E-state index in [0.29, 0.717) is 5.92 Å². The normalized spacial score (nSPS) is 15.8. The highest BCUT2D eigenvalue weighted by molar-refractivity contribution is 9.10. The minimum atomic E-state index is 0.654. The van der Waals surface area contributed by atoms with Crippen LogP contribution in [0, 0.1) is 0 Å². The number of fused-ring (bicyclic) bond motifs is 3. The Morgan fingerprint density at radius 1 is 0.885 bits per heavy atom. The van der Waals surface area contributed by atoms with E-state index in [2.05, 4.69) is 73.9 Å². The molecule has 0 N–H and O–H groups in total. The maximum absolute atomic E-state index is 4.83. The summed E-state index contributed by atoms with van der Waals surface area (Å²) >= 11 is 3.58. The van der Waals surface area contributed by atoms with Gasteiger partial charge in [0.1, 0.15) is 11.3 Å². The zero-order valence-electron chi connectivity index (χ0n) is 14.3. The fraction of sp³-hybridized carbons (Fsp3) is 0.238. The molecule has 130 valence electrons. The van der Waals surface area contributed by atoms with Crippen LogP contribution in [-0.4, -0.2) is 27.5 Å². The molecule has 4 nitrogen and oxygen atoms in total. The van der Waals surface area contributed by atoms with Crippen molar-refractivity contribution in [1.29, 1.82) is 0 Å². The summed E-state index contributed by atoms with van der Waals surface area (Å²) in [7, 11) is 0. The predicted molar refractivity (Wildman–Crippen MR) is 109 cm³/mol. The first kappa shape index (κ1) is 15.8. The summed E-state index contributed by atoms with van der Waals surface area (Å²) in [6.07, 6.45) is 4.42. The zero-order valence-corrected chi connectivity index (χ0v) is 15.9. The van der Waals surface area contributed by atoms with Crippen molar-refractivity contribution in [2.24, 2.45) is 0 Å². The van der Waals surface area contributed by atoms with Crippen molar-refractivity contribution in [2.75, 3.05) is 18.0 Å². The van der Waals surface area contributed by atoms with Crippen LogP contribution in [0.5, 0.6) is 0 Å². The summed E-state index contributed by atoms with van der Waals surface area (Å²) in [6.45, 7) is 2.07. The Labute approximate surface area is 160 Å². The van der Waals surface area contributed by atoms with Crippen LogP contribution >= 0.6 is 15.9 Å². The van der Waals surface area contributed by atoms with Gasteiger partial charge in [0.15, 0.2) is 0 Å². The van der Waals surface area contributed by atoms with E-state index < -0.39 is 0 Å². The molecule has 3 heterocycles. The minimum Gasteiger partial charge on any atom is -0.356 e. The molecule has 1 fully saturated rings. The highest BCUT2D eigenvalue weighted by Crippen LogP contribution is 2.30. The van der Waals surface area contributed by atoms with Crippen molar-refractivity contribution in [2.45, 2.75) is 18.8 Å². The van der Waals surface area contributed by atoms with Gasteiger partial charge < -0.3 is 4.90 Å². The van der Waals surface area contributed by atoms with E-state index in [0.717, 1.165) is 40.2 Å². The van der Waals surface area contributed by atoms with Crippen LogP contribution in [0.1, 0.15) is 24.3 Å². The van der Waals surface area contributed by atoms with Crippen molar-refractivity contribution in [1.82, 2.24) is 14.4 Å². The average Bonchev–Trinajstić information content (AvgIpc) is 3.08. The van der Waals surface area contributed by atoms with Crippen LogP contribution in [0.25, 0.3) is 16.8 Å². The molecular weight excluding hydrogens is 388 g/mol. The number of rotatable bonds is 2. The highest BCUT2D eigenvalue weighted by Gasteiger charge is 2.22. The third kappa shape index (κ3) is 2.67. The van der Waals surface area contributed by atoms with Gasteiger partial charge >= 0.3 is 0 Å². The summed E-state index contributed by atoms with van der Waals surface area (Å²) in [6, 6.07) is 19.1. The molecule has 1 saturated heterocycles. The Morgan fingerprint density at radius 3 is 2.50 bits per heavy atom. The lowest BCUT2D eigenvalue weighted by atomic mass is 9.89. The zero-order chi connectivity index (χ0) is 17.5. The van der Waals surface area contributed by atoms with Gasteiger partial charge in [-0.15, -0.1) is 0 Å². The monoisotopic (exact) mass is 406 g/mol. The van der Waals surface area contributed by atoms with E-state index in [4.69, 9.17) is 9.97 Å². The van der Waals surface area contributed by atoms with E-state index in [1.807, 2.05) is 12.1 Å². The number of anilines is 1. The molecule has 5 heteroatoms. The first-order valence-electron chi connectivity index (χ1n) is 9.03. The number of imidazole rings is 1. The largest absolute Gasteiger partial charge is 0.356 e. The summed E-state index contributed by atoms with van der Waals surface area (Å²) in [5.74, 6) is 2.44. The molecule has 2 aromatic heterocycles. The number of halogens is 1. The average molecular weight is 407 g/mol. The second-order valence-electron chi connectivity index (χ2n) is 6.85. The number of hydrogen-bond acceptors (Lipinski definition) is 3. The lowest BCUT2D eigenvalue weighted by molar-refractivity contribution is 0.503. The number of benzene rings is 2. The van der Waals surface area contributed by atoms with Gasteiger partial charge in [-0.25, -0.2) is 4.98 Å². The lowest BCUT2D eigenvalue weighted by Crippen LogP contribution is -2.33. The summed E-state index contributed by atoms with van der Waals surface area (Å²) in [5.41, 5.74) is 3.50. The molecule has 1 aliphatic rings. The Morgan fingerprint density at radius 2 is 1.69 bits per heavy atom. The van der Waals surface area contributed by atoms with Gasteiger partial charge in [-0.05, 0) is 58.5 Å². The maximum atomic E-state index is 4.83. The second-order valence-corrected chi connectivity index (χ2v) is 7.70. The smallest absolute Gasteiger partial charge is 0.236 e. The summed E-state index contributed by atoms with van der Waals surface area (Å²) in [4.78, 5) is 11.9. The fourth-order valence-corrected chi connectivity index (χ4v) is 4.37. The van der Waals surface area contributed by atoms with Gasteiger partial charge in [-0.2, -0.15) is 4.98 Å². The molecule has 0 aliphatic carbocycles. The third-order valence-electron chi connectivity index (χ3n) is 5.33. The third-order valence-corrected chi connectivity index (χ3v) is 5.97. The van der Waals surface area contributed by atoms with Gasteiger partial charge in [0.25, 0.3) is 0 Å². The number of piperidine rings is 1. The molecule has 0 saturated carbocycles. The fourth-order valence-electron chi connectivity index (χ4n) is 3.92. The van der Waals surface area contributed by atoms with Gasteiger partial charge in [0.2, 0.25) is 5.78 Å². The molecule has 0 spiro atoms. The summed E-state index contributed by atoms with van der Waals surface area (Å²) < 4.78 is 3.06. The van der Waals surface area contributed by atoms with Crippen LogP contribution in [0.3, 0.4) is 0 Å². The van der Waals surface area contributed by atoms with E-state index in [1.165, 1.54) is 18.4 Å². The van der Waals surface area contributed by atoms with Crippen molar-refractivity contribution < 1.29 is 0 Å². The Bertz CT molecular complexity index is 1070. The molecule has 0 radical (unpaired) electrons. The number of aromatic nitrogens is 3. The van der Waals surface area contributed by atoms with Crippen LogP contribution in [0.15, 0.2) is 65.3 Å². The quantitative estimate of drug-likeness (QED) is 0.468. The molecular formula is C21H19BrN4. The van der Waals surface area contributed by atoms with Crippen LogP contribution in [0.2, 0.25) is 0 Å². The topological polar surface area (TPSA) is 33.4 Å². The second kappa shape index (κ2) is 6.40. The molecule has 0 bridgehead atoms. The van der Waals surface area contributed by atoms with E-state index in [-0.39, 0.29) is 0 Å². The Balaban J connectivity index is 1.41. The highest BCUT2D eigenvalue weighted by atomic mass is 79.9. The van der Waals surface area contributed by atoms with Crippen LogP contribution in [0.4, 0.5) is 5.82 Å². The standard InChI is InChI=1S/C21H19BrN4/c22-17-7-4-8-18-20(17)24-21-23-19(11-14-26(18)21)25-12-9-16(10-13-25)15-5-2-1-3-6-15/h1-8,11,14,16H,9-10,12-13H2. The summed E-state index contributed by atoms with van der Waals surface area (Å²) in [5, 5.41) is 0. The molecule has 5 rings (SSSR count).